The molecule has 0 radical (unpaired) electrons. The molecule has 0 spiro atoms. The van der Waals surface area contributed by atoms with E-state index in [1.165, 1.54) is 0 Å². The zero-order valence-corrected chi connectivity index (χ0v) is 10.7. The van der Waals surface area contributed by atoms with Crippen LogP contribution in [0.25, 0.3) is 0 Å². The van der Waals surface area contributed by atoms with Crippen LogP contribution in [0.4, 0.5) is 5.82 Å². The van der Waals surface area contributed by atoms with E-state index >= 15 is 0 Å². The molecule has 1 rings (SSSR count). The fourth-order valence-corrected chi connectivity index (χ4v) is 1.82. The monoisotopic (exact) mass is 274 g/mol. The van der Waals surface area contributed by atoms with Crippen molar-refractivity contribution >= 4 is 33.0 Å². The number of rotatable bonds is 6. The van der Waals surface area contributed by atoms with Crippen molar-refractivity contribution in [2.45, 2.75) is 6.42 Å². The van der Waals surface area contributed by atoms with Crippen LogP contribution in [0.2, 0.25) is 0 Å². The average Bonchev–Trinajstić information content (AvgIpc) is 2.23. The largest absolute Gasteiger partial charge is 0.388 e. The summed E-state index contributed by atoms with van der Waals surface area (Å²) in [5, 5.41) is 7.84. The summed E-state index contributed by atoms with van der Waals surface area (Å²) in [6.45, 7) is 0.463. The highest BCUT2D eigenvalue weighted by Crippen LogP contribution is 2.04. The third-order valence-electron chi connectivity index (χ3n) is 1.91. The van der Waals surface area contributed by atoms with Crippen LogP contribution >= 0.6 is 12.2 Å². The summed E-state index contributed by atoms with van der Waals surface area (Å²) < 4.78 is 21.4. The fourth-order valence-electron chi connectivity index (χ4n) is 1.16. The Morgan fingerprint density at radius 3 is 2.76 bits per heavy atom. The number of nitrogens with one attached hydrogen (secondary N) is 1. The lowest BCUT2D eigenvalue weighted by Crippen LogP contribution is -2.19. The van der Waals surface area contributed by atoms with E-state index in [0.717, 1.165) is 0 Å². The molecule has 0 saturated carbocycles. The normalized spacial score (nSPS) is 11.1. The van der Waals surface area contributed by atoms with Crippen LogP contribution in [0.1, 0.15) is 12.1 Å². The van der Waals surface area contributed by atoms with Crippen LogP contribution in [0.3, 0.4) is 0 Å². The first-order chi connectivity index (χ1) is 7.88. The fraction of sp³-hybridized carbons (Fsp3) is 0.333. The molecule has 94 valence electrons. The van der Waals surface area contributed by atoms with Crippen molar-refractivity contribution in [1.29, 1.82) is 0 Å². The maximum atomic E-state index is 10.7. The van der Waals surface area contributed by atoms with Crippen molar-refractivity contribution in [2.24, 2.45) is 10.9 Å². The van der Waals surface area contributed by atoms with Crippen LogP contribution in [0.5, 0.6) is 0 Å². The van der Waals surface area contributed by atoms with Gasteiger partial charge in [-0.15, -0.1) is 0 Å². The lowest BCUT2D eigenvalue weighted by molar-refractivity contribution is 0.595. The molecule has 0 fully saturated rings. The quantitative estimate of drug-likeness (QED) is 0.489. The summed E-state index contributed by atoms with van der Waals surface area (Å²) in [4.78, 5) is 4.37. The van der Waals surface area contributed by atoms with E-state index in [4.69, 9.17) is 23.1 Å². The van der Waals surface area contributed by atoms with Gasteiger partial charge >= 0.3 is 0 Å². The summed E-state index contributed by atoms with van der Waals surface area (Å²) in [7, 11) is -3.40. The highest BCUT2D eigenvalue weighted by atomic mass is 32.2. The van der Waals surface area contributed by atoms with E-state index in [0.29, 0.717) is 24.5 Å². The van der Waals surface area contributed by atoms with Gasteiger partial charge in [-0.1, -0.05) is 18.3 Å². The van der Waals surface area contributed by atoms with Crippen molar-refractivity contribution in [3.8, 4) is 0 Å². The average molecular weight is 274 g/mol. The van der Waals surface area contributed by atoms with Crippen LogP contribution in [0, 0.1) is 0 Å². The molecule has 0 aliphatic heterocycles. The maximum Gasteiger partial charge on any atom is 0.209 e. The molecule has 0 saturated heterocycles. The van der Waals surface area contributed by atoms with E-state index < -0.39 is 10.0 Å². The molecule has 0 aromatic carbocycles. The molecule has 0 atom stereocenters. The summed E-state index contributed by atoms with van der Waals surface area (Å²) in [6, 6.07) is 5.22. The molecule has 0 bridgehead atoms. The molecule has 5 N–H and O–H groups in total. The summed E-state index contributed by atoms with van der Waals surface area (Å²) in [5.41, 5.74) is 5.96. The zero-order chi connectivity index (χ0) is 12.9. The molecule has 8 heteroatoms. The summed E-state index contributed by atoms with van der Waals surface area (Å²) >= 11 is 4.80. The van der Waals surface area contributed by atoms with Gasteiger partial charge in [-0.05, 0) is 18.6 Å². The lowest BCUT2D eigenvalue weighted by atomic mass is 10.3. The molecule has 0 aliphatic rings. The van der Waals surface area contributed by atoms with Crippen molar-refractivity contribution in [2.75, 3.05) is 17.6 Å². The van der Waals surface area contributed by atoms with E-state index in [1.54, 1.807) is 18.2 Å². The molecule has 1 aromatic rings. The number of thiocarbonyl (C=S) groups is 1. The summed E-state index contributed by atoms with van der Waals surface area (Å²) in [5.74, 6) is 0.541. The Bertz CT molecular complexity index is 501. The van der Waals surface area contributed by atoms with E-state index in [1.807, 2.05) is 0 Å². The van der Waals surface area contributed by atoms with Gasteiger partial charge < -0.3 is 11.1 Å². The van der Waals surface area contributed by atoms with Gasteiger partial charge in [0.15, 0.2) is 0 Å². The standard InChI is InChI=1S/C9H14N4O2S2/c10-9(16)7-3-1-4-8(13-7)12-5-2-6-17(11,14)15/h1,3-4H,2,5-6H2,(H2,10,16)(H,12,13)(H2,11,14,15). The Labute approximate surface area is 105 Å². The molecule has 0 unspecified atom stereocenters. The minimum Gasteiger partial charge on any atom is -0.388 e. The van der Waals surface area contributed by atoms with Gasteiger partial charge in [0.1, 0.15) is 10.8 Å². The predicted molar refractivity (Wildman–Crippen MR) is 71.2 cm³/mol. The number of primary sulfonamides is 1. The van der Waals surface area contributed by atoms with E-state index in [2.05, 4.69) is 10.3 Å². The van der Waals surface area contributed by atoms with Crippen LogP contribution < -0.4 is 16.2 Å². The third-order valence-corrected chi connectivity index (χ3v) is 2.98. The smallest absolute Gasteiger partial charge is 0.209 e. The van der Waals surface area contributed by atoms with Crippen LogP contribution in [-0.2, 0) is 10.0 Å². The second-order valence-corrected chi connectivity index (χ2v) is 5.59. The lowest BCUT2D eigenvalue weighted by Gasteiger charge is -2.06. The van der Waals surface area contributed by atoms with Crippen molar-refractivity contribution in [1.82, 2.24) is 4.98 Å². The number of anilines is 1. The van der Waals surface area contributed by atoms with E-state index in [-0.39, 0.29) is 10.7 Å². The van der Waals surface area contributed by atoms with Crippen LogP contribution in [-0.4, -0.2) is 30.7 Å². The van der Waals surface area contributed by atoms with Crippen LogP contribution in [0.15, 0.2) is 18.2 Å². The molecule has 1 heterocycles. The molecule has 0 aliphatic carbocycles. The Hall–Kier alpha value is -1.25. The predicted octanol–water partition coefficient (Wildman–Crippen LogP) is -0.194. The first-order valence-electron chi connectivity index (χ1n) is 4.90. The third kappa shape index (κ3) is 5.57. The highest BCUT2D eigenvalue weighted by Gasteiger charge is 2.03. The number of nitrogens with zero attached hydrogens (tertiary/aromatic N) is 1. The first-order valence-corrected chi connectivity index (χ1v) is 7.02. The Morgan fingerprint density at radius 2 is 2.18 bits per heavy atom. The number of aromatic nitrogens is 1. The topological polar surface area (TPSA) is 111 Å². The van der Waals surface area contributed by atoms with Gasteiger partial charge in [0, 0.05) is 6.54 Å². The highest BCUT2D eigenvalue weighted by molar-refractivity contribution is 7.89. The second-order valence-electron chi connectivity index (χ2n) is 3.42. The number of hydrogen-bond acceptors (Lipinski definition) is 5. The van der Waals surface area contributed by atoms with Gasteiger partial charge in [0.05, 0.1) is 11.4 Å². The first kappa shape index (κ1) is 13.8. The van der Waals surface area contributed by atoms with Crippen molar-refractivity contribution in [3.05, 3.63) is 23.9 Å². The zero-order valence-electron chi connectivity index (χ0n) is 9.09. The number of nitrogens with two attached hydrogens (primary N) is 2. The number of hydrogen-bond donors (Lipinski definition) is 3. The minimum absolute atomic E-state index is 0.0605. The molecule has 1 aromatic heterocycles. The Kier molecular flexibility index (Phi) is 4.79. The Morgan fingerprint density at radius 1 is 1.47 bits per heavy atom. The molecule has 6 nitrogen and oxygen atoms in total. The van der Waals surface area contributed by atoms with Gasteiger partial charge in [0.25, 0.3) is 0 Å². The molecular formula is C9H14N4O2S2. The van der Waals surface area contributed by atoms with Gasteiger partial charge in [-0.3, -0.25) is 0 Å². The second kappa shape index (κ2) is 5.89. The SMILES string of the molecule is NC(=S)c1cccc(NCCCS(N)(=O)=O)n1. The van der Waals surface area contributed by atoms with Gasteiger partial charge in [0.2, 0.25) is 10.0 Å². The molecule has 0 amide bonds. The van der Waals surface area contributed by atoms with Crippen molar-refractivity contribution < 1.29 is 8.42 Å². The van der Waals surface area contributed by atoms with E-state index in [9.17, 15) is 8.42 Å². The minimum atomic E-state index is -3.40. The van der Waals surface area contributed by atoms with Gasteiger partial charge in [-0.25, -0.2) is 18.5 Å². The Balaban J connectivity index is 2.47. The number of pyridine rings is 1. The number of sulfonamides is 1. The molecule has 17 heavy (non-hydrogen) atoms. The van der Waals surface area contributed by atoms with Gasteiger partial charge in [-0.2, -0.15) is 0 Å². The maximum absolute atomic E-state index is 10.7. The van der Waals surface area contributed by atoms with Crippen molar-refractivity contribution in [3.63, 3.8) is 0 Å². The molecular weight excluding hydrogens is 260 g/mol. The summed E-state index contributed by atoms with van der Waals surface area (Å²) in [6.07, 6.45) is 0.414.